The summed E-state index contributed by atoms with van der Waals surface area (Å²) < 4.78 is 25.8. The van der Waals surface area contributed by atoms with E-state index in [-0.39, 0.29) is 5.82 Å². The largest absolute Gasteiger partial charge is 0.366 e. The van der Waals surface area contributed by atoms with Crippen LogP contribution in [0.5, 0.6) is 0 Å². The minimum atomic E-state index is -0.654. The Morgan fingerprint density at radius 2 is 2.31 bits per heavy atom. The van der Waals surface area contributed by atoms with E-state index in [1.54, 1.807) is 0 Å². The Bertz CT molecular complexity index is 351. The number of rotatable bonds is 3. The lowest BCUT2D eigenvalue weighted by Crippen LogP contribution is -2.39. The van der Waals surface area contributed by atoms with E-state index in [2.05, 4.69) is 15.6 Å². The average Bonchev–Trinajstić information content (AvgIpc) is 2.29. The van der Waals surface area contributed by atoms with Gasteiger partial charge in [0.1, 0.15) is 5.82 Å². The monoisotopic (exact) mass is 227 g/mol. The molecule has 0 bridgehead atoms. The third-order valence-corrected chi connectivity index (χ3v) is 2.74. The molecule has 1 atom stereocenters. The third-order valence-electron chi connectivity index (χ3n) is 2.74. The normalized spacial score (nSPS) is 20.8. The van der Waals surface area contributed by atoms with Crippen LogP contribution in [0.4, 0.5) is 14.6 Å². The molecule has 88 valence electrons. The number of hydrogen-bond acceptors (Lipinski definition) is 3. The SMILES string of the molecule is Fc1cnc(NCC2CCCCN2)c(F)c1. The summed E-state index contributed by atoms with van der Waals surface area (Å²) in [6, 6.07) is 1.18. The zero-order chi connectivity index (χ0) is 11.4. The van der Waals surface area contributed by atoms with E-state index < -0.39 is 11.6 Å². The van der Waals surface area contributed by atoms with Crippen molar-refractivity contribution in [1.82, 2.24) is 10.3 Å². The number of nitrogens with zero attached hydrogens (tertiary/aromatic N) is 1. The summed E-state index contributed by atoms with van der Waals surface area (Å²) in [5.74, 6) is -1.18. The molecule has 0 aliphatic carbocycles. The highest BCUT2D eigenvalue weighted by atomic mass is 19.1. The van der Waals surface area contributed by atoms with Crippen LogP contribution in [0.1, 0.15) is 19.3 Å². The van der Waals surface area contributed by atoms with Crippen LogP contribution < -0.4 is 10.6 Å². The fraction of sp³-hybridized carbons (Fsp3) is 0.545. The number of nitrogens with one attached hydrogen (secondary N) is 2. The van der Waals surface area contributed by atoms with E-state index in [4.69, 9.17) is 0 Å². The lowest BCUT2D eigenvalue weighted by atomic mass is 10.1. The Hall–Kier alpha value is -1.23. The first-order valence-corrected chi connectivity index (χ1v) is 5.54. The van der Waals surface area contributed by atoms with Gasteiger partial charge >= 0.3 is 0 Å². The second kappa shape index (κ2) is 5.21. The van der Waals surface area contributed by atoms with E-state index in [1.807, 2.05) is 0 Å². The van der Waals surface area contributed by atoms with Gasteiger partial charge in [0, 0.05) is 18.7 Å². The summed E-state index contributed by atoms with van der Waals surface area (Å²) in [5, 5.41) is 6.23. The van der Waals surface area contributed by atoms with Gasteiger partial charge in [-0.1, -0.05) is 6.42 Å². The van der Waals surface area contributed by atoms with Crippen molar-refractivity contribution in [2.75, 3.05) is 18.4 Å². The summed E-state index contributed by atoms with van der Waals surface area (Å²) in [5.41, 5.74) is 0. The topological polar surface area (TPSA) is 37.0 Å². The van der Waals surface area contributed by atoms with Crippen LogP contribution in [0.25, 0.3) is 0 Å². The van der Waals surface area contributed by atoms with Gasteiger partial charge in [-0.15, -0.1) is 0 Å². The molecule has 16 heavy (non-hydrogen) atoms. The van der Waals surface area contributed by atoms with Crippen molar-refractivity contribution in [2.45, 2.75) is 25.3 Å². The predicted octanol–water partition coefficient (Wildman–Crippen LogP) is 1.91. The van der Waals surface area contributed by atoms with Crippen molar-refractivity contribution in [3.63, 3.8) is 0 Å². The van der Waals surface area contributed by atoms with E-state index in [9.17, 15) is 8.78 Å². The van der Waals surface area contributed by atoms with E-state index in [0.717, 1.165) is 25.2 Å². The molecule has 0 saturated carbocycles. The average molecular weight is 227 g/mol. The minimum absolute atomic E-state index is 0.119. The summed E-state index contributed by atoms with van der Waals surface area (Å²) >= 11 is 0. The van der Waals surface area contributed by atoms with Crippen LogP contribution >= 0.6 is 0 Å². The standard InChI is InChI=1S/C11H15F2N3/c12-8-5-10(13)11(15-6-8)16-7-9-3-1-2-4-14-9/h5-6,9,14H,1-4,7H2,(H,15,16). The van der Waals surface area contributed by atoms with Gasteiger partial charge in [0.2, 0.25) is 0 Å². The van der Waals surface area contributed by atoms with Crippen molar-refractivity contribution < 1.29 is 8.78 Å². The van der Waals surface area contributed by atoms with E-state index in [1.165, 1.54) is 12.8 Å². The number of anilines is 1. The maximum atomic E-state index is 13.2. The second-order valence-corrected chi connectivity index (χ2v) is 4.01. The Morgan fingerprint density at radius 3 is 3.00 bits per heavy atom. The molecule has 1 aliphatic heterocycles. The van der Waals surface area contributed by atoms with Crippen LogP contribution in [0.2, 0.25) is 0 Å². The van der Waals surface area contributed by atoms with Crippen molar-refractivity contribution in [2.24, 2.45) is 0 Å². The number of piperidine rings is 1. The first-order valence-electron chi connectivity index (χ1n) is 5.54. The Labute approximate surface area is 93.3 Å². The number of halogens is 2. The van der Waals surface area contributed by atoms with Gasteiger partial charge in [-0.05, 0) is 19.4 Å². The first-order chi connectivity index (χ1) is 7.75. The minimum Gasteiger partial charge on any atom is -0.366 e. The van der Waals surface area contributed by atoms with Crippen molar-refractivity contribution in [3.8, 4) is 0 Å². The smallest absolute Gasteiger partial charge is 0.168 e. The quantitative estimate of drug-likeness (QED) is 0.828. The molecule has 0 spiro atoms. The van der Waals surface area contributed by atoms with Gasteiger partial charge in [-0.3, -0.25) is 0 Å². The molecule has 3 nitrogen and oxygen atoms in total. The fourth-order valence-electron chi connectivity index (χ4n) is 1.86. The maximum Gasteiger partial charge on any atom is 0.168 e. The Balaban J connectivity index is 1.88. The van der Waals surface area contributed by atoms with Crippen molar-refractivity contribution in [1.29, 1.82) is 0 Å². The van der Waals surface area contributed by atoms with Gasteiger partial charge in [-0.25, -0.2) is 13.8 Å². The van der Waals surface area contributed by atoms with Crippen LogP contribution in [0.15, 0.2) is 12.3 Å². The molecule has 0 amide bonds. The highest BCUT2D eigenvalue weighted by Gasteiger charge is 2.13. The van der Waals surface area contributed by atoms with Crippen LogP contribution in [0.3, 0.4) is 0 Å². The lowest BCUT2D eigenvalue weighted by Gasteiger charge is -2.23. The van der Waals surface area contributed by atoms with Gasteiger partial charge < -0.3 is 10.6 Å². The maximum absolute atomic E-state index is 13.2. The predicted molar refractivity (Wildman–Crippen MR) is 58.3 cm³/mol. The number of aromatic nitrogens is 1. The molecule has 2 rings (SSSR count). The molecule has 0 radical (unpaired) electrons. The Kier molecular flexibility index (Phi) is 3.66. The molecule has 2 N–H and O–H groups in total. The molecular weight excluding hydrogens is 212 g/mol. The van der Waals surface area contributed by atoms with Crippen LogP contribution in [0, 0.1) is 11.6 Å². The van der Waals surface area contributed by atoms with Crippen molar-refractivity contribution >= 4 is 5.82 Å². The molecule has 1 aromatic heterocycles. The van der Waals surface area contributed by atoms with Gasteiger partial charge in [0.15, 0.2) is 11.6 Å². The molecule has 1 unspecified atom stereocenters. The molecule has 1 saturated heterocycles. The first kappa shape index (κ1) is 11.3. The highest BCUT2D eigenvalue weighted by molar-refractivity contribution is 5.35. The van der Waals surface area contributed by atoms with Gasteiger partial charge in [-0.2, -0.15) is 0 Å². The third kappa shape index (κ3) is 2.88. The lowest BCUT2D eigenvalue weighted by molar-refractivity contribution is 0.413. The summed E-state index contributed by atoms with van der Waals surface area (Å²) in [6.07, 6.45) is 4.48. The zero-order valence-corrected chi connectivity index (χ0v) is 8.97. The molecule has 2 heterocycles. The molecule has 0 aromatic carbocycles. The van der Waals surface area contributed by atoms with Gasteiger partial charge in [0.05, 0.1) is 6.20 Å². The summed E-state index contributed by atoms with van der Waals surface area (Å²) in [7, 11) is 0. The fourth-order valence-corrected chi connectivity index (χ4v) is 1.86. The molecule has 1 aromatic rings. The molecule has 1 aliphatic rings. The van der Waals surface area contributed by atoms with Crippen LogP contribution in [-0.4, -0.2) is 24.1 Å². The van der Waals surface area contributed by atoms with Crippen LogP contribution in [-0.2, 0) is 0 Å². The summed E-state index contributed by atoms with van der Waals surface area (Å²) in [6.45, 7) is 1.63. The van der Waals surface area contributed by atoms with Gasteiger partial charge in [0.25, 0.3) is 0 Å². The van der Waals surface area contributed by atoms with Crippen molar-refractivity contribution in [3.05, 3.63) is 23.9 Å². The number of pyridine rings is 1. The molecule has 5 heteroatoms. The summed E-state index contributed by atoms with van der Waals surface area (Å²) in [4.78, 5) is 3.67. The number of hydrogen-bond donors (Lipinski definition) is 2. The second-order valence-electron chi connectivity index (χ2n) is 4.01. The highest BCUT2D eigenvalue weighted by Crippen LogP contribution is 2.12. The van der Waals surface area contributed by atoms with E-state index >= 15 is 0 Å². The zero-order valence-electron chi connectivity index (χ0n) is 8.97. The van der Waals surface area contributed by atoms with E-state index in [0.29, 0.717) is 12.6 Å². The molecule has 1 fully saturated rings. The Morgan fingerprint density at radius 1 is 1.44 bits per heavy atom. The molecular formula is C11H15F2N3.